The lowest BCUT2D eigenvalue weighted by molar-refractivity contribution is -0.126. The van der Waals surface area contributed by atoms with E-state index in [9.17, 15) is 9.59 Å². The van der Waals surface area contributed by atoms with E-state index in [1.54, 1.807) is 4.90 Å². The molecule has 2 aromatic rings. The van der Waals surface area contributed by atoms with Crippen LogP contribution in [0.15, 0.2) is 60.7 Å². The van der Waals surface area contributed by atoms with Crippen molar-refractivity contribution in [2.75, 3.05) is 6.54 Å². The number of likely N-dealkylation sites (tertiary alicyclic amines) is 1. The first-order valence-electron chi connectivity index (χ1n) is 9.45. The third-order valence-corrected chi connectivity index (χ3v) is 5.43. The average Bonchev–Trinajstić information content (AvgIpc) is 3.48. The molecule has 1 saturated heterocycles. The highest BCUT2D eigenvalue weighted by Gasteiger charge is 2.42. The minimum absolute atomic E-state index is 0.00240. The molecule has 0 radical (unpaired) electrons. The Morgan fingerprint density at radius 2 is 1.62 bits per heavy atom. The van der Waals surface area contributed by atoms with Gasteiger partial charge in [-0.3, -0.25) is 9.59 Å². The number of amides is 2. The van der Waals surface area contributed by atoms with Crippen molar-refractivity contribution in [2.24, 2.45) is 0 Å². The number of hydrogen-bond donors (Lipinski definition) is 1. The maximum absolute atomic E-state index is 12.9. The van der Waals surface area contributed by atoms with E-state index in [2.05, 4.69) is 17.4 Å². The molecule has 3 atom stereocenters. The SMILES string of the molecule is O=C(N[C@@H]1C[C@@H]1c1ccccc1)[C@H]1CCCCN1C(=O)c1ccccc1. The quantitative estimate of drug-likeness (QED) is 0.921. The first-order valence-corrected chi connectivity index (χ1v) is 9.45. The van der Waals surface area contributed by atoms with Gasteiger partial charge in [-0.1, -0.05) is 48.5 Å². The summed E-state index contributed by atoms with van der Waals surface area (Å²) < 4.78 is 0. The molecule has 2 amide bonds. The normalized spacial score (nSPS) is 24.8. The second-order valence-electron chi connectivity index (χ2n) is 7.24. The molecule has 1 aliphatic heterocycles. The average molecular weight is 348 g/mol. The molecule has 1 aliphatic carbocycles. The molecule has 4 nitrogen and oxygen atoms in total. The summed E-state index contributed by atoms with van der Waals surface area (Å²) in [6.45, 7) is 0.651. The van der Waals surface area contributed by atoms with E-state index in [0.717, 1.165) is 25.7 Å². The number of hydrogen-bond acceptors (Lipinski definition) is 2. The molecule has 1 N–H and O–H groups in total. The van der Waals surface area contributed by atoms with Gasteiger partial charge in [-0.15, -0.1) is 0 Å². The smallest absolute Gasteiger partial charge is 0.254 e. The summed E-state index contributed by atoms with van der Waals surface area (Å²) in [5.74, 6) is 0.361. The second-order valence-corrected chi connectivity index (χ2v) is 7.24. The van der Waals surface area contributed by atoms with Gasteiger partial charge in [-0.25, -0.2) is 0 Å². The molecule has 2 aliphatic rings. The van der Waals surface area contributed by atoms with Crippen LogP contribution in [0.5, 0.6) is 0 Å². The van der Waals surface area contributed by atoms with Gasteiger partial charge in [0, 0.05) is 24.1 Å². The first-order chi connectivity index (χ1) is 12.7. The van der Waals surface area contributed by atoms with Gasteiger partial charge in [0.25, 0.3) is 5.91 Å². The van der Waals surface area contributed by atoms with Crippen LogP contribution in [0.3, 0.4) is 0 Å². The number of nitrogens with zero attached hydrogens (tertiary/aromatic N) is 1. The standard InChI is InChI=1S/C22H24N2O2/c25-21(23-19-15-18(19)16-9-3-1-4-10-16)20-13-7-8-14-24(20)22(26)17-11-5-2-6-12-17/h1-6,9-12,18-20H,7-8,13-15H2,(H,23,25)/t18-,19-,20-/m1/s1. The molecule has 1 saturated carbocycles. The van der Waals surface area contributed by atoms with Crippen molar-refractivity contribution in [3.05, 3.63) is 71.8 Å². The zero-order valence-electron chi connectivity index (χ0n) is 14.8. The minimum atomic E-state index is -0.353. The summed E-state index contributed by atoms with van der Waals surface area (Å²) >= 11 is 0. The highest BCUT2D eigenvalue weighted by Crippen LogP contribution is 2.40. The van der Waals surface area contributed by atoms with Crippen LogP contribution in [0.2, 0.25) is 0 Å². The van der Waals surface area contributed by atoms with Gasteiger partial charge in [0.1, 0.15) is 6.04 Å². The lowest BCUT2D eigenvalue weighted by Crippen LogP contribution is -2.52. The monoisotopic (exact) mass is 348 g/mol. The lowest BCUT2D eigenvalue weighted by atomic mass is 10.00. The number of nitrogens with one attached hydrogen (secondary N) is 1. The molecule has 4 rings (SSSR count). The molecule has 26 heavy (non-hydrogen) atoms. The third-order valence-electron chi connectivity index (χ3n) is 5.43. The van der Waals surface area contributed by atoms with Crippen molar-refractivity contribution in [3.63, 3.8) is 0 Å². The van der Waals surface area contributed by atoms with E-state index in [1.165, 1.54) is 5.56 Å². The van der Waals surface area contributed by atoms with E-state index in [4.69, 9.17) is 0 Å². The van der Waals surface area contributed by atoms with Crippen molar-refractivity contribution in [1.82, 2.24) is 10.2 Å². The van der Waals surface area contributed by atoms with Crippen molar-refractivity contribution in [2.45, 2.75) is 43.7 Å². The van der Waals surface area contributed by atoms with Crippen LogP contribution in [0.4, 0.5) is 0 Å². The Labute approximate surface area is 154 Å². The maximum atomic E-state index is 12.9. The minimum Gasteiger partial charge on any atom is -0.351 e. The van der Waals surface area contributed by atoms with Gasteiger partial charge in [-0.05, 0) is 43.4 Å². The van der Waals surface area contributed by atoms with Crippen molar-refractivity contribution < 1.29 is 9.59 Å². The van der Waals surface area contributed by atoms with E-state index in [1.807, 2.05) is 48.5 Å². The van der Waals surface area contributed by atoms with Crippen LogP contribution in [0.1, 0.15) is 47.5 Å². The zero-order valence-corrected chi connectivity index (χ0v) is 14.8. The molecule has 0 spiro atoms. The Hall–Kier alpha value is -2.62. The first kappa shape index (κ1) is 16.8. The van der Waals surface area contributed by atoms with Crippen LogP contribution >= 0.6 is 0 Å². The summed E-state index contributed by atoms with van der Waals surface area (Å²) in [4.78, 5) is 27.5. The number of piperidine rings is 1. The van der Waals surface area contributed by atoms with Gasteiger partial charge in [-0.2, -0.15) is 0 Å². The largest absolute Gasteiger partial charge is 0.351 e. The van der Waals surface area contributed by atoms with Crippen molar-refractivity contribution in [1.29, 1.82) is 0 Å². The van der Waals surface area contributed by atoms with Gasteiger partial charge in [0.2, 0.25) is 5.91 Å². The molecular weight excluding hydrogens is 324 g/mol. The Morgan fingerprint density at radius 3 is 2.35 bits per heavy atom. The van der Waals surface area contributed by atoms with E-state index < -0.39 is 0 Å². The highest BCUT2D eigenvalue weighted by atomic mass is 16.2. The number of benzene rings is 2. The van der Waals surface area contributed by atoms with Crippen LogP contribution in [0, 0.1) is 0 Å². The molecular formula is C22H24N2O2. The van der Waals surface area contributed by atoms with E-state index in [-0.39, 0.29) is 23.9 Å². The van der Waals surface area contributed by atoms with E-state index in [0.29, 0.717) is 18.0 Å². The summed E-state index contributed by atoms with van der Waals surface area (Å²) in [6.07, 6.45) is 3.67. The summed E-state index contributed by atoms with van der Waals surface area (Å²) in [5, 5.41) is 3.18. The molecule has 0 unspecified atom stereocenters. The number of carbonyl (C=O) groups is 2. The molecule has 134 valence electrons. The van der Waals surface area contributed by atoms with Crippen LogP contribution in [0.25, 0.3) is 0 Å². The molecule has 4 heteroatoms. The van der Waals surface area contributed by atoms with Gasteiger partial charge in [0.05, 0.1) is 0 Å². The van der Waals surface area contributed by atoms with Gasteiger partial charge < -0.3 is 10.2 Å². The van der Waals surface area contributed by atoms with E-state index >= 15 is 0 Å². The van der Waals surface area contributed by atoms with Gasteiger partial charge in [0.15, 0.2) is 0 Å². The fourth-order valence-electron chi connectivity index (χ4n) is 3.90. The fourth-order valence-corrected chi connectivity index (χ4v) is 3.90. The van der Waals surface area contributed by atoms with Crippen LogP contribution < -0.4 is 5.32 Å². The van der Waals surface area contributed by atoms with Gasteiger partial charge >= 0.3 is 0 Å². The summed E-state index contributed by atoms with van der Waals surface area (Å²) in [6, 6.07) is 19.4. The Kier molecular flexibility index (Phi) is 4.74. The second kappa shape index (κ2) is 7.32. The zero-order chi connectivity index (χ0) is 17.9. The molecule has 2 aromatic carbocycles. The molecule has 0 bridgehead atoms. The number of carbonyl (C=O) groups excluding carboxylic acids is 2. The predicted octanol–water partition coefficient (Wildman–Crippen LogP) is 3.35. The molecule has 1 heterocycles. The van der Waals surface area contributed by atoms with Crippen molar-refractivity contribution in [3.8, 4) is 0 Å². The van der Waals surface area contributed by atoms with Crippen LogP contribution in [-0.4, -0.2) is 35.3 Å². The Morgan fingerprint density at radius 1 is 0.923 bits per heavy atom. The maximum Gasteiger partial charge on any atom is 0.254 e. The lowest BCUT2D eigenvalue weighted by Gasteiger charge is -2.35. The molecule has 2 fully saturated rings. The van der Waals surface area contributed by atoms with Crippen molar-refractivity contribution >= 4 is 11.8 Å². The molecule has 0 aromatic heterocycles. The topological polar surface area (TPSA) is 49.4 Å². The van der Waals surface area contributed by atoms with Crippen LogP contribution in [-0.2, 0) is 4.79 Å². The summed E-state index contributed by atoms with van der Waals surface area (Å²) in [7, 11) is 0. The Bertz CT molecular complexity index is 775. The number of rotatable bonds is 4. The highest BCUT2D eigenvalue weighted by molar-refractivity contribution is 5.97. The third kappa shape index (κ3) is 3.50. The fraction of sp³-hybridized carbons (Fsp3) is 0.364. The Balaban J connectivity index is 1.42. The predicted molar refractivity (Wildman–Crippen MR) is 101 cm³/mol. The summed E-state index contributed by atoms with van der Waals surface area (Å²) in [5.41, 5.74) is 1.93.